The van der Waals surface area contributed by atoms with Gasteiger partial charge in [-0.25, -0.2) is 0 Å². The van der Waals surface area contributed by atoms with Gasteiger partial charge in [-0.3, -0.25) is 4.79 Å². The maximum atomic E-state index is 9.95. The average Bonchev–Trinajstić information content (AvgIpc) is 1.80. The number of hydrogen-bond donors (Lipinski definition) is 1. The summed E-state index contributed by atoms with van der Waals surface area (Å²) in [6, 6.07) is 0. The first-order valence-electron chi connectivity index (χ1n) is 3.28. The monoisotopic (exact) mass is 218 g/mol. The molecule has 0 aliphatic carbocycles. The Morgan fingerprint density at radius 2 is 1.90 bits per heavy atom. The van der Waals surface area contributed by atoms with E-state index in [9.17, 15) is 4.79 Å². The summed E-state index contributed by atoms with van der Waals surface area (Å²) in [5.41, 5.74) is 0. The van der Waals surface area contributed by atoms with Crippen molar-refractivity contribution in [2.75, 3.05) is 0 Å². The summed E-state index contributed by atoms with van der Waals surface area (Å²) in [6.07, 6.45) is 4.06. The Bertz CT molecular complexity index is 83.7. The molecule has 1 N–H and O–H groups in total. The number of carboxylic acid groups (broad SMARTS) is 1. The molecule has 0 aromatic carbocycles. The molecule has 10 heavy (non-hydrogen) atoms. The third kappa shape index (κ3) is 11.4. The van der Waals surface area contributed by atoms with Crippen LogP contribution in [0.5, 0.6) is 0 Å². The fourth-order valence-electron chi connectivity index (χ4n) is 0.630. The molecule has 0 rings (SSSR count). The Hall–Kier alpha value is 0.574. The zero-order chi connectivity index (χ0) is 7.11. The summed E-state index contributed by atoms with van der Waals surface area (Å²) in [7, 11) is 0. The minimum Gasteiger partial charge on any atom is -0.481 e. The van der Waals surface area contributed by atoms with Crippen molar-refractivity contribution in [3.8, 4) is 0 Å². The molecule has 0 saturated heterocycles. The third-order valence-corrected chi connectivity index (χ3v) is 1.14. The summed E-state index contributed by atoms with van der Waals surface area (Å²) in [5, 5.41) is 8.20. The zero-order valence-electron chi connectivity index (χ0n) is 6.18. The van der Waals surface area contributed by atoms with Crippen LogP contribution < -0.4 is 0 Å². The van der Waals surface area contributed by atoms with Crippen molar-refractivity contribution in [3.05, 3.63) is 6.92 Å². The van der Waals surface area contributed by atoms with E-state index < -0.39 is 5.97 Å². The van der Waals surface area contributed by atoms with Gasteiger partial charge in [0.05, 0.1) is 0 Å². The summed E-state index contributed by atoms with van der Waals surface area (Å²) in [6.45, 7) is 3.65. The van der Waals surface area contributed by atoms with Crippen molar-refractivity contribution in [2.45, 2.75) is 32.1 Å². The van der Waals surface area contributed by atoms with Gasteiger partial charge in [-0.2, -0.15) is 6.42 Å². The second-order valence-electron chi connectivity index (χ2n) is 2.06. The van der Waals surface area contributed by atoms with Gasteiger partial charge in [0.25, 0.3) is 0 Å². The topological polar surface area (TPSA) is 37.3 Å². The normalized spacial score (nSPS) is 8.50. The fraction of sp³-hybridized carbons (Fsp3) is 0.714. The van der Waals surface area contributed by atoms with Crippen molar-refractivity contribution in [3.63, 3.8) is 0 Å². The van der Waals surface area contributed by atoms with E-state index in [2.05, 4.69) is 6.92 Å². The van der Waals surface area contributed by atoms with E-state index in [1.807, 2.05) is 0 Å². The second-order valence-corrected chi connectivity index (χ2v) is 2.06. The van der Waals surface area contributed by atoms with E-state index in [1.165, 1.54) is 0 Å². The van der Waals surface area contributed by atoms with E-state index in [0.29, 0.717) is 6.42 Å². The van der Waals surface area contributed by atoms with Gasteiger partial charge in [0.15, 0.2) is 0 Å². The fourth-order valence-corrected chi connectivity index (χ4v) is 0.630. The van der Waals surface area contributed by atoms with Crippen LogP contribution in [-0.2, 0) is 37.5 Å². The number of hydrogen-bond acceptors (Lipinski definition) is 1. The smallest absolute Gasteiger partial charge is 0.303 e. The molecule has 0 heterocycles. The van der Waals surface area contributed by atoms with Gasteiger partial charge in [0, 0.05) is 39.1 Å². The van der Waals surface area contributed by atoms with Gasteiger partial charge < -0.3 is 12.0 Å². The van der Waals surface area contributed by atoms with Crippen LogP contribution in [-0.4, -0.2) is 11.1 Å². The van der Waals surface area contributed by atoms with E-state index in [4.69, 9.17) is 5.11 Å². The van der Waals surface area contributed by atoms with Gasteiger partial charge in [-0.05, 0) is 6.42 Å². The molecule has 2 nitrogen and oxygen atoms in total. The standard InChI is InChI=1S/C7H13O2.Y/c1-2-3-4-5-6-7(8)9;/h1-6H2,(H,8,9);/q-1;. The van der Waals surface area contributed by atoms with Crippen LogP contribution in [0.15, 0.2) is 0 Å². The average molecular weight is 218 g/mol. The predicted molar refractivity (Wildman–Crippen MR) is 36.1 cm³/mol. The molecule has 0 aromatic rings. The van der Waals surface area contributed by atoms with Gasteiger partial charge >= 0.3 is 5.97 Å². The van der Waals surface area contributed by atoms with Crippen LogP contribution in [0.3, 0.4) is 0 Å². The molecular formula is C7H13O2Y-. The molecule has 0 atom stereocenters. The Morgan fingerprint density at radius 3 is 2.30 bits per heavy atom. The van der Waals surface area contributed by atoms with E-state index in [1.54, 1.807) is 0 Å². The van der Waals surface area contributed by atoms with Gasteiger partial charge in [0.2, 0.25) is 0 Å². The Labute approximate surface area is 87.3 Å². The van der Waals surface area contributed by atoms with Crippen molar-refractivity contribution in [1.82, 2.24) is 0 Å². The quantitative estimate of drug-likeness (QED) is 0.564. The molecule has 0 unspecified atom stereocenters. The number of aliphatic carboxylic acids is 1. The molecular weight excluding hydrogens is 205 g/mol. The van der Waals surface area contributed by atoms with Crippen LogP contribution in [0.2, 0.25) is 0 Å². The largest absolute Gasteiger partial charge is 0.481 e. The first-order valence-corrected chi connectivity index (χ1v) is 3.28. The summed E-state index contributed by atoms with van der Waals surface area (Å²) in [4.78, 5) is 9.95. The van der Waals surface area contributed by atoms with Crippen molar-refractivity contribution < 1.29 is 42.6 Å². The molecule has 0 amide bonds. The van der Waals surface area contributed by atoms with Gasteiger partial charge in [-0.1, -0.05) is 12.8 Å². The van der Waals surface area contributed by atoms with Gasteiger partial charge in [0.1, 0.15) is 0 Å². The minimum absolute atomic E-state index is 0. The van der Waals surface area contributed by atoms with Crippen molar-refractivity contribution >= 4 is 5.97 Å². The molecule has 57 valence electrons. The molecule has 0 fully saturated rings. The summed E-state index contributed by atoms with van der Waals surface area (Å²) in [5.74, 6) is -0.695. The maximum Gasteiger partial charge on any atom is 0.303 e. The van der Waals surface area contributed by atoms with E-state index in [-0.39, 0.29) is 32.7 Å². The number of rotatable bonds is 5. The molecule has 1 radical (unpaired) electrons. The van der Waals surface area contributed by atoms with Crippen LogP contribution >= 0.6 is 0 Å². The maximum absolute atomic E-state index is 9.95. The van der Waals surface area contributed by atoms with E-state index >= 15 is 0 Å². The zero-order valence-corrected chi connectivity index (χ0v) is 9.01. The van der Waals surface area contributed by atoms with Crippen LogP contribution in [0.4, 0.5) is 0 Å². The molecule has 0 aliphatic rings. The SMILES string of the molecule is [CH2-]CCCCCC(=O)O.[Y]. The number of carbonyl (C=O) groups is 1. The second kappa shape index (κ2) is 9.57. The Balaban J connectivity index is 0. The van der Waals surface area contributed by atoms with E-state index in [0.717, 1.165) is 25.7 Å². The number of unbranched alkanes of at least 4 members (excludes halogenated alkanes) is 3. The van der Waals surface area contributed by atoms with Gasteiger partial charge in [-0.15, -0.1) is 0 Å². The Kier molecular flexibility index (Phi) is 12.6. The Morgan fingerprint density at radius 1 is 1.30 bits per heavy atom. The first kappa shape index (κ1) is 13.2. The van der Waals surface area contributed by atoms with Crippen LogP contribution in [0.1, 0.15) is 32.1 Å². The van der Waals surface area contributed by atoms with Crippen LogP contribution in [0, 0.1) is 6.92 Å². The first-order chi connectivity index (χ1) is 4.27. The molecule has 0 aromatic heterocycles. The third-order valence-electron chi connectivity index (χ3n) is 1.14. The summed E-state index contributed by atoms with van der Waals surface area (Å²) < 4.78 is 0. The minimum atomic E-state index is -0.695. The van der Waals surface area contributed by atoms with Crippen molar-refractivity contribution in [2.24, 2.45) is 0 Å². The predicted octanol–water partition coefficient (Wildman–Crippen LogP) is 1.85. The molecule has 0 bridgehead atoms. The molecule has 0 spiro atoms. The van der Waals surface area contributed by atoms with Crippen molar-refractivity contribution in [1.29, 1.82) is 0 Å². The molecule has 0 aliphatic heterocycles. The van der Waals surface area contributed by atoms with Crippen LogP contribution in [0.25, 0.3) is 0 Å². The summed E-state index contributed by atoms with van der Waals surface area (Å²) >= 11 is 0. The number of carboxylic acids is 1. The molecule has 0 saturated carbocycles. The molecule has 3 heteroatoms.